The zero-order valence-corrected chi connectivity index (χ0v) is 17.0. The first-order valence-electron chi connectivity index (χ1n) is 7.43. The summed E-state index contributed by atoms with van der Waals surface area (Å²) in [5.41, 5.74) is 0. The first kappa shape index (κ1) is 17.1. The summed E-state index contributed by atoms with van der Waals surface area (Å²) >= 11 is 7.86. The zero-order chi connectivity index (χ0) is 17.4. The second-order valence-electron chi connectivity index (χ2n) is 5.40. The minimum absolute atomic E-state index is 0.0128. The summed E-state index contributed by atoms with van der Waals surface area (Å²) < 4.78 is 7.07. The Kier molecular flexibility index (Phi) is 4.89. The molecule has 0 aliphatic heterocycles. The smallest absolute Gasteiger partial charge is 0.237 e. The molecule has 1 saturated carbocycles. The molecule has 0 N–H and O–H groups in total. The van der Waals surface area contributed by atoms with Gasteiger partial charge in [0.15, 0.2) is 4.34 Å². The number of nitrogens with zero attached hydrogens (tertiary/aromatic N) is 5. The lowest BCUT2D eigenvalue weighted by atomic mass is 10.4. The van der Waals surface area contributed by atoms with Gasteiger partial charge in [0.25, 0.3) is 0 Å². The summed E-state index contributed by atoms with van der Waals surface area (Å²) in [6.45, 7) is 1.56. The van der Waals surface area contributed by atoms with Crippen LogP contribution >= 0.6 is 50.4 Å². The summed E-state index contributed by atoms with van der Waals surface area (Å²) in [7, 11) is 0. The number of hydrogen-bond acceptors (Lipinski definition) is 9. The number of halogens is 1. The average Bonchev–Trinajstić information content (AvgIpc) is 2.99. The maximum atomic E-state index is 11.8. The molecule has 1 amide bonds. The average molecular weight is 458 g/mol. The quantitative estimate of drug-likeness (QED) is 0.404. The van der Waals surface area contributed by atoms with Gasteiger partial charge in [0.1, 0.15) is 0 Å². The molecule has 11 heteroatoms. The van der Waals surface area contributed by atoms with Crippen LogP contribution in [0.2, 0.25) is 0 Å². The van der Waals surface area contributed by atoms with E-state index >= 15 is 0 Å². The molecule has 0 bridgehead atoms. The Morgan fingerprint density at radius 3 is 3.00 bits per heavy atom. The number of carbonyl (C=O) groups is 1. The van der Waals surface area contributed by atoms with Gasteiger partial charge in [-0.2, -0.15) is 4.98 Å². The number of thioether (sulfide) groups is 1. The summed E-state index contributed by atoms with van der Waals surface area (Å²) in [5.74, 6) is 1.64. The fourth-order valence-corrected chi connectivity index (χ4v) is 5.35. The van der Waals surface area contributed by atoms with E-state index in [4.69, 9.17) is 4.52 Å². The standard InChI is InChI=1S/C14H12BrN5O2S3/c1-7(21)20(9-2-3-9)13-17-18-14(25-13)24-6-11-16-12(19-22-11)10-4-8(15)5-23-10/h4-5,9H,2-3,6H2,1H3. The number of anilines is 1. The van der Waals surface area contributed by atoms with Crippen molar-refractivity contribution in [1.29, 1.82) is 0 Å². The van der Waals surface area contributed by atoms with Crippen LogP contribution in [0.5, 0.6) is 0 Å². The van der Waals surface area contributed by atoms with Crippen LogP contribution in [0, 0.1) is 0 Å². The Morgan fingerprint density at radius 1 is 1.48 bits per heavy atom. The first-order valence-corrected chi connectivity index (χ1v) is 10.9. The Balaban J connectivity index is 1.40. The van der Waals surface area contributed by atoms with Crippen LogP contribution in [-0.4, -0.2) is 32.3 Å². The lowest BCUT2D eigenvalue weighted by Crippen LogP contribution is -2.30. The lowest BCUT2D eigenvalue weighted by Gasteiger charge is -2.15. The molecule has 0 unspecified atom stereocenters. The minimum Gasteiger partial charge on any atom is -0.338 e. The van der Waals surface area contributed by atoms with Gasteiger partial charge < -0.3 is 4.52 Å². The van der Waals surface area contributed by atoms with Gasteiger partial charge in [-0.1, -0.05) is 28.3 Å². The highest BCUT2D eigenvalue weighted by atomic mass is 79.9. The molecule has 0 radical (unpaired) electrons. The van der Waals surface area contributed by atoms with Crippen molar-refractivity contribution in [3.05, 3.63) is 21.8 Å². The van der Waals surface area contributed by atoms with E-state index < -0.39 is 0 Å². The van der Waals surface area contributed by atoms with E-state index in [1.54, 1.807) is 23.2 Å². The molecule has 7 nitrogen and oxygen atoms in total. The van der Waals surface area contributed by atoms with Crippen LogP contribution in [0.1, 0.15) is 25.7 Å². The van der Waals surface area contributed by atoms with E-state index in [1.165, 1.54) is 23.1 Å². The number of amides is 1. The molecule has 130 valence electrons. The van der Waals surface area contributed by atoms with Gasteiger partial charge in [-0.25, -0.2) is 0 Å². The van der Waals surface area contributed by atoms with Crippen LogP contribution < -0.4 is 4.90 Å². The van der Waals surface area contributed by atoms with Crippen molar-refractivity contribution in [2.45, 2.75) is 35.9 Å². The molecular weight excluding hydrogens is 446 g/mol. The van der Waals surface area contributed by atoms with E-state index in [-0.39, 0.29) is 11.9 Å². The Morgan fingerprint density at radius 2 is 2.32 bits per heavy atom. The lowest BCUT2D eigenvalue weighted by molar-refractivity contribution is -0.116. The second kappa shape index (κ2) is 7.14. The van der Waals surface area contributed by atoms with Crippen molar-refractivity contribution in [1.82, 2.24) is 20.3 Å². The highest BCUT2D eigenvalue weighted by Gasteiger charge is 2.34. The maximum absolute atomic E-state index is 11.8. The summed E-state index contributed by atoms with van der Waals surface area (Å²) in [6, 6.07) is 2.24. The summed E-state index contributed by atoms with van der Waals surface area (Å²) in [5, 5.41) is 14.9. The van der Waals surface area contributed by atoms with Gasteiger partial charge in [0, 0.05) is 22.8 Å². The van der Waals surface area contributed by atoms with Crippen LogP contribution in [-0.2, 0) is 10.5 Å². The van der Waals surface area contributed by atoms with E-state index in [2.05, 4.69) is 36.3 Å². The van der Waals surface area contributed by atoms with Crippen LogP contribution in [0.3, 0.4) is 0 Å². The molecule has 1 fully saturated rings. The van der Waals surface area contributed by atoms with Gasteiger partial charge in [0.05, 0.1) is 10.6 Å². The predicted octanol–water partition coefficient (Wildman–Crippen LogP) is 4.22. The topological polar surface area (TPSA) is 85.0 Å². The Hall–Kier alpha value is -1.30. The van der Waals surface area contributed by atoms with E-state index in [0.29, 0.717) is 22.6 Å². The molecular formula is C14H12BrN5O2S3. The predicted molar refractivity (Wildman–Crippen MR) is 101 cm³/mol. The third-order valence-electron chi connectivity index (χ3n) is 3.43. The number of rotatable bonds is 6. The molecule has 4 rings (SSSR count). The van der Waals surface area contributed by atoms with Crippen molar-refractivity contribution >= 4 is 61.4 Å². The van der Waals surface area contributed by atoms with Crippen molar-refractivity contribution in [3.63, 3.8) is 0 Å². The van der Waals surface area contributed by atoms with Crippen LogP contribution in [0.25, 0.3) is 10.7 Å². The Bertz CT molecular complexity index is 904. The maximum Gasteiger partial charge on any atom is 0.237 e. The molecule has 3 heterocycles. The number of hydrogen-bond donors (Lipinski definition) is 0. The van der Waals surface area contributed by atoms with E-state index in [0.717, 1.165) is 26.5 Å². The van der Waals surface area contributed by atoms with Crippen molar-refractivity contribution in [3.8, 4) is 10.7 Å². The van der Waals surface area contributed by atoms with Gasteiger partial charge in [-0.3, -0.25) is 9.69 Å². The number of carbonyl (C=O) groups excluding carboxylic acids is 1. The summed E-state index contributed by atoms with van der Waals surface area (Å²) in [4.78, 5) is 18.9. The molecule has 1 aliphatic rings. The minimum atomic E-state index is 0.0128. The molecule has 0 spiro atoms. The van der Waals surface area contributed by atoms with Crippen molar-refractivity contribution in [2.75, 3.05) is 4.90 Å². The Labute approximate surface area is 164 Å². The molecule has 25 heavy (non-hydrogen) atoms. The number of aromatic nitrogens is 4. The highest BCUT2D eigenvalue weighted by molar-refractivity contribution is 9.10. The normalized spacial score (nSPS) is 14.0. The highest BCUT2D eigenvalue weighted by Crippen LogP contribution is 2.36. The second-order valence-corrected chi connectivity index (χ2v) is 9.41. The van der Waals surface area contributed by atoms with Gasteiger partial charge in [-0.05, 0) is 34.8 Å². The monoisotopic (exact) mass is 457 g/mol. The molecule has 0 aromatic carbocycles. The van der Waals surface area contributed by atoms with Gasteiger partial charge >= 0.3 is 0 Å². The van der Waals surface area contributed by atoms with Crippen LogP contribution in [0.15, 0.2) is 24.8 Å². The molecule has 0 saturated heterocycles. The fraction of sp³-hybridized carbons (Fsp3) is 0.357. The SMILES string of the molecule is CC(=O)N(c1nnc(SCc2nc(-c3cc(Br)cs3)no2)s1)C1CC1. The molecule has 0 atom stereocenters. The third-order valence-corrected chi connectivity index (χ3v) is 7.16. The van der Waals surface area contributed by atoms with Gasteiger partial charge in [-0.15, -0.1) is 21.5 Å². The fourth-order valence-electron chi connectivity index (χ4n) is 2.21. The van der Waals surface area contributed by atoms with E-state index in [9.17, 15) is 4.79 Å². The number of thiophene rings is 1. The largest absolute Gasteiger partial charge is 0.338 e. The molecule has 3 aromatic heterocycles. The van der Waals surface area contributed by atoms with Crippen molar-refractivity contribution in [2.24, 2.45) is 0 Å². The third kappa shape index (κ3) is 3.94. The van der Waals surface area contributed by atoms with E-state index in [1.807, 2.05) is 11.4 Å². The first-order chi connectivity index (χ1) is 12.1. The molecule has 1 aliphatic carbocycles. The molecule has 3 aromatic rings. The van der Waals surface area contributed by atoms with Gasteiger partial charge in [0.2, 0.25) is 22.8 Å². The van der Waals surface area contributed by atoms with Crippen molar-refractivity contribution < 1.29 is 9.32 Å². The van der Waals surface area contributed by atoms with Crippen LogP contribution in [0.4, 0.5) is 5.13 Å². The summed E-state index contributed by atoms with van der Waals surface area (Å²) in [6.07, 6.45) is 2.07. The zero-order valence-electron chi connectivity index (χ0n) is 13.0.